The highest BCUT2D eigenvalue weighted by molar-refractivity contribution is 9.10. The van der Waals surface area contributed by atoms with Crippen LogP contribution in [0.2, 0.25) is 0 Å². The lowest BCUT2D eigenvalue weighted by Crippen LogP contribution is -2.34. The van der Waals surface area contributed by atoms with Gasteiger partial charge in [-0.1, -0.05) is 15.9 Å². The summed E-state index contributed by atoms with van der Waals surface area (Å²) in [6, 6.07) is 5.53. The molecule has 7 nitrogen and oxygen atoms in total. The Morgan fingerprint density at radius 1 is 1.25 bits per heavy atom. The van der Waals surface area contributed by atoms with Crippen LogP contribution in [0.15, 0.2) is 29.0 Å². The number of aliphatic carboxylic acids is 1. The number of benzene rings is 1. The first kappa shape index (κ1) is 14.2. The minimum Gasteiger partial charge on any atom is -0.480 e. The van der Waals surface area contributed by atoms with E-state index in [1.165, 1.54) is 6.33 Å². The van der Waals surface area contributed by atoms with E-state index in [1.54, 1.807) is 0 Å². The van der Waals surface area contributed by atoms with Gasteiger partial charge in [-0.05, 0) is 18.2 Å². The number of nitrogens with zero attached hydrogens (tertiary/aromatic N) is 2. The van der Waals surface area contributed by atoms with Crippen LogP contribution in [-0.2, 0) is 9.59 Å². The number of carbonyl (C=O) groups excluding carboxylic acids is 1. The summed E-state index contributed by atoms with van der Waals surface area (Å²) in [5.74, 6) is -0.995. The monoisotopic (exact) mass is 338 g/mol. The van der Waals surface area contributed by atoms with Gasteiger partial charge < -0.3 is 15.7 Å². The molecule has 1 aromatic carbocycles. The molecule has 0 aliphatic heterocycles. The molecule has 0 aliphatic carbocycles. The molecule has 3 N–H and O–H groups in total. The molecule has 0 radical (unpaired) electrons. The standard InChI is InChI=1S/C12H11BrN4O3/c13-7-1-2-9-8(3-7)12(17-6-16-9)15-4-10(18)14-5-11(19)20/h1-3,6H,4-5H2,(H,14,18)(H,19,20)(H,15,16,17). The second-order valence-corrected chi connectivity index (χ2v) is 4.82. The maximum absolute atomic E-state index is 11.4. The number of nitrogens with one attached hydrogen (secondary N) is 2. The van der Waals surface area contributed by atoms with Crippen LogP contribution in [0.5, 0.6) is 0 Å². The predicted octanol–water partition coefficient (Wildman–Crippen LogP) is 1.01. The number of aromatic nitrogens is 2. The van der Waals surface area contributed by atoms with Crippen molar-refractivity contribution in [2.75, 3.05) is 18.4 Å². The van der Waals surface area contributed by atoms with Crippen LogP contribution >= 0.6 is 15.9 Å². The average Bonchev–Trinajstić information content (AvgIpc) is 2.42. The molecule has 2 aromatic rings. The largest absolute Gasteiger partial charge is 0.480 e. The first-order valence-corrected chi connectivity index (χ1v) is 6.48. The molecule has 8 heteroatoms. The van der Waals surface area contributed by atoms with Crippen LogP contribution in [0.4, 0.5) is 5.82 Å². The number of carboxylic acid groups (broad SMARTS) is 1. The van der Waals surface area contributed by atoms with Gasteiger partial charge in [-0.2, -0.15) is 0 Å². The van der Waals surface area contributed by atoms with Crippen molar-refractivity contribution in [3.63, 3.8) is 0 Å². The summed E-state index contributed by atoms with van der Waals surface area (Å²) < 4.78 is 0.873. The molecule has 0 fully saturated rings. The second-order valence-electron chi connectivity index (χ2n) is 3.91. The quantitative estimate of drug-likeness (QED) is 0.751. The number of rotatable bonds is 5. The van der Waals surface area contributed by atoms with Gasteiger partial charge in [0.25, 0.3) is 0 Å². The number of carbonyl (C=O) groups is 2. The van der Waals surface area contributed by atoms with Crippen molar-refractivity contribution in [2.24, 2.45) is 0 Å². The van der Waals surface area contributed by atoms with Crippen LogP contribution in [0.1, 0.15) is 0 Å². The maximum atomic E-state index is 11.4. The van der Waals surface area contributed by atoms with E-state index in [-0.39, 0.29) is 6.54 Å². The molecule has 1 aromatic heterocycles. The Kier molecular flexibility index (Phi) is 4.46. The Labute approximate surface area is 122 Å². The summed E-state index contributed by atoms with van der Waals surface area (Å²) in [6.07, 6.45) is 1.40. The fourth-order valence-electron chi connectivity index (χ4n) is 1.57. The van der Waals surface area contributed by atoms with E-state index in [1.807, 2.05) is 18.2 Å². The summed E-state index contributed by atoms with van der Waals surface area (Å²) in [6.45, 7) is -0.470. The molecule has 0 unspecified atom stereocenters. The van der Waals surface area contributed by atoms with Crippen molar-refractivity contribution in [3.05, 3.63) is 29.0 Å². The molecular weight excluding hydrogens is 328 g/mol. The topological polar surface area (TPSA) is 104 Å². The van der Waals surface area contributed by atoms with E-state index in [0.717, 1.165) is 15.4 Å². The van der Waals surface area contributed by atoms with Crippen LogP contribution in [0, 0.1) is 0 Å². The Hall–Kier alpha value is -2.22. The molecule has 1 heterocycles. The van der Waals surface area contributed by atoms with E-state index in [4.69, 9.17) is 5.11 Å². The maximum Gasteiger partial charge on any atom is 0.322 e. The highest BCUT2D eigenvalue weighted by atomic mass is 79.9. The molecule has 0 aliphatic rings. The van der Waals surface area contributed by atoms with E-state index >= 15 is 0 Å². The summed E-state index contributed by atoms with van der Waals surface area (Å²) in [5.41, 5.74) is 0.747. The second kappa shape index (κ2) is 6.29. The Bertz CT molecular complexity index is 662. The normalized spacial score (nSPS) is 10.2. The lowest BCUT2D eigenvalue weighted by Gasteiger charge is -2.08. The van der Waals surface area contributed by atoms with Gasteiger partial charge in [0.1, 0.15) is 18.7 Å². The zero-order valence-electron chi connectivity index (χ0n) is 10.3. The third kappa shape index (κ3) is 3.64. The third-order valence-electron chi connectivity index (χ3n) is 2.45. The van der Waals surface area contributed by atoms with Crippen LogP contribution in [0.3, 0.4) is 0 Å². The SMILES string of the molecule is O=C(O)CNC(=O)CNc1ncnc2ccc(Br)cc12. The fourth-order valence-corrected chi connectivity index (χ4v) is 1.93. The van der Waals surface area contributed by atoms with Gasteiger partial charge in [0.15, 0.2) is 0 Å². The summed E-state index contributed by atoms with van der Waals surface area (Å²) >= 11 is 3.36. The lowest BCUT2D eigenvalue weighted by molar-refractivity contribution is -0.137. The summed E-state index contributed by atoms with van der Waals surface area (Å²) in [4.78, 5) is 30.0. The number of hydrogen-bond acceptors (Lipinski definition) is 5. The van der Waals surface area contributed by atoms with Gasteiger partial charge in [0.05, 0.1) is 12.1 Å². The molecule has 0 bridgehead atoms. The van der Waals surface area contributed by atoms with Gasteiger partial charge >= 0.3 is 5.97 Å². The molecule has 0 saturated heterocycles. The number of amides is 1. The van der Waals surface area contributed by atoms with Crippen molar-refractivity contribution in [3.8, 4) is 0 Å². The highest BCUT2D eigenvalue weighted by Crippen LogP contribution is 2.22. The fraction of sp³-hybridized carbons (Fsp3) is 0.167. The number of hydrogen-bond donors (Lipinski definition) is 3. The first-order valence-electron chi connectivity index (χ1n) is 5.69. The smallest absolute Gasteiger partial charge is 0.322 e. The molecule has 104 valence electrons. The zero-order chi connectivity index (χ0) is 14.5. The molecular formula is C12H11BrN4O3. The van der Waals surface area contributed by atoms with Crippen molar-refractivity contribution in [1.29, 1.82) is 0 Å². The van der Waals surface area contributed by atoms with Crippen LogP contribution in [0.25, 0.3) is 10.9 Å². The molecule has 0 spiro atoms. The van der Waals surface area contributed by atoms with Crippen molar-refractivity contribution >= 4 is 44.5 Å². The number of carboxylic acids is 1. The minimum absolute atomic E-state index is 0.0636. The number of anilines is 1. The van der Waals surface area contributed by atoms with Crippen LogP contribution < -0.4 is 10.6 Å². The number of halogens is 1. The molecule has 1 amide bonds. The van der Waals surface area contributed by atoms with E-state index in [9.17, 15) is 9.59 Å². The van der Waals surface area contributed by atoms with Gasteiger partial charge in [-0.15, -0.1) is 0 Å². The van der Waals surface area contributed by atoms with Crippen molar-refractivity contribution < 1.29 is 14.7 Å². The Morgan fingerprint density at radius 2 is 2.05 bits per heavy atom. The number of fused-ring (bicyclic) bond motifs is 1. The highest BCUT2D eigenvalue weighted by Gasteiger charge is 2.07. The third-order valence-corrected chi connectivity index (χ3v) is 2.94. The lowest BCUT2D eigenvalue weighted by atomic mass is 10.2. The molecule has 0 atom stereocenters. The minimum atomic E-state index is -1.09. The average molecular weight is 339 g/mol. The molecule has 0 saturated carbocycles. The first-order chi connectivity index (χ1) is 9.56. The van der Waals surface area contributed by atoms with Crippen molar-refractivity contribution in [1.82, 2.24) is 15.3 Å². The Morgan fingerprint density at radius 3 is 2.80 bits per heavy atom. The summed E-state index contributed by atoms with van der Waals surface area (Å²) in [7, 11) is 0. The van der Waals surface area contributed by atoms with Crippen molar-refractivity contribution in [2.45, 2.75) is 0 Å². The van der Waals surface area contributed by atoms with Crippen LogP contribution in [-0.4, -0.2) is 40.0 Å². The van der Waals surface area contributed by atoms with E-state index in [2.05, 4.69) is 36.5 Å². The van der Waals surface area contributed by atoms with Gasteiger partial charge in [0, 0.05) is 9.86 Å². The van der Waals surface area contributed by atoms with Gasteiger partial charge in [0.2, 0.25) is 5.91 Å². The Balaban J connectivity index is 2.08. The van der Waals surface area contributed by atoms with Gasteiger partial charge in [-0.3, -0.25) is 9.59 Å². The predicted molar refractivity (Wildman–Crippen MR) is 76.4 cm³/mol. The van der Waals surface area contributed by atoms with E-state index < -0.39 is 18.4 Å². The summed E-state index contributed by atoms with van der Waals surface area (Å²) in [5, 5.41) is 14.3. The van der Waals surface area contributed by atoms with Gasteiger partial charge in [-0.25, -0.2) is 9.97 Å². The zero-order valence-corrected chi connectivity index (χ0v) is 11.8. The molecule has 2 rings (SSSR count). The van der Waals surface area contributed by atoms with E-state index in [0.29, 0.717) is 5.82 Å². The molecule has 20 heavy (non-hydrogen) atoms.